The van der Waals surface area contributed by atoms with Crippen LogP contribution in [0.25, 0.3) is 0 Å². The fraction of sp³-hybridized carbons (Fsp3) is 0.667. The van der Waals surface area contributed by atoms with Gasteiger partial charge in [0.2, 0.25) is 0 Å². The van der Waals surface area contributed by atoms with Crippen molar-refractivity contribution < 1.29 is 15.0 Å². The fourth-order valence-electron chi connectivity index (χ4n) is 1.54. The molecule has 0 aliphatic heterocycles. The van der Waals surface area contributed by atoms with Gasteiger partial charge in [0.15, 0.2) is 5.13 Å². The summed E-state index contributed by atoms with van der Waals surface area (Å²) in [6.07, 6.45) is 0.404. The molecular weight excluding hydrogens is 280 g/mol. The van der Waals surface area contributed by atoms with E-state index in [9.17, 15) is 15.0 Å². The minimum atomic E-state index is -1.04. The third-order valence-corrected chi connectivity index (χ3v) is 3.93. The minimum Gasteiger partial charge on any atom is -0.394 e. The molecule has 0 aromatic carbocycles. The summed E-state index contributed by atoms with van der Waals surface area (Å²) in [6.45, 7) is 4.99. The van der Waals surface area contributed by atoms with E-state index in [1.807, 2.05) is 13.8 Å². The van der Waals surface area contributed by atoms with Crippen molar-refractivity contribution in [2.45, 2.75) is 38.8 Å². The van der Waals surface area contributed by atoms with Crippen LogP contribution in [0.1, 0.15) is 36.9 Å². The number of hydrogen-bond acceptors (Lipinski definition) is 7. The zero-order valence-electron chi connectivity index (χ0n) is 11.9. The largest absolute Gasteiger partial charge is 0.394 e. The molecule has 1 heterocycles. The van der Waals surface area contributed by atoms with E-state index in [1.165, 1.54) is 0 Å². The van der Waals surface area contributed by atoms with E-state index in [0.717, 1.165) is 11.3 Å². The van der Waals surface area contributed by atoms with Gasteiger partial charge in [-0.1, -0.05) is 18.3 Å². The number of aliphatic hydroxyl groups excluding tert-OH is 2. The Morgan fingerprint density at radius 1 is 1.45 bits per heavy atom. The van der Waals surface area contributed by atoms with Crippen molar-refractivity contribution >= 4 is 28.2 Å². The van der Waals surface area contributed by atoms with Crippen molar-refractivity contribution in [3.63, 3.8) is 0 Å². The number of rotatable bonds is 7. The molecule has 20 heavy (non-hydrogen) atoms. The van der Waals surface area contributed by atoms with Gasteiger partial charge in [-0.05, 0) is 20.3 Å². The van der Waals surface area contributed by atoms with E-state index in [0.29, 0.717) is 11.6 Å². The lowest BCUT2D eigenvalue weighted by atomic mass is 9.98. The molecule has 1 aromatic rings. The Morgan fingerprint density at radius 2 is 2.05 bits per heavy atom. The first kappa shape index (κ1) is 16.7. The van der Waals surface area contributed by atoms with E-state index < -0.39 is 11.4 Å². The second kappa shape index (κ2) is 6.87. The van der Waals surface area contributed by atoms with Crippen LogP contribution in [0.15, 0.2) is 0 Å². The number of hydrogen-bond donors (Lipinski definition) is 5. The number of nitrogen functional groups attached to an aromatic ring is 1. The molecule has 0 radical (unpaired) electrons. The number of aromatic nitrogens is 1. The van der Waals surface area contributed by atoms with Crippen molar-refractivity contribution in [2.24, 2.45) is 0 Å². The van der Waals surface area contributed by atoms with Gasteiger partial charge in [-0.3, -0.25) is 4.79 Å². The van der Waals surface area contributed by atoms with Crippen LogP contribution in [0, 0.1) is 0 Å². The first-order valence-corrected chi connectivity index (χ1v) is 7.26. The maximum Gasteiger partial charge on any atom is 0.265 e. The summed E-state index contributed by atoms with van der Waals surface area (Å²) in [5, 5.41) is 24.9. The second-order valence-corrected chi connectivity index (χ2v) is 5.94. The molecule has 0 fully saturated rings. The van der Waals surface area contributed by atoms with Crippen molar-refractivity contribution in [2.75, 3.05) is 24.3 Å². The predicted octanol–water partition coefficient (Wildman–Crippen LogP) is 0.409. The van der Waals surface area contributed by atoms with Gasteiger partial charge < -0.3 is 26.6 Å². The molecule has 1 rings (SSSR count). The number of carbonyl (C=O) groups excluding carboxylic acids is 1. The van der Waals surface area contributed by atoms with E-state index in [1.54, 1.807) is 6.92 Å². The summed E-state index contributed by atoms with van der Waals surface area (Å²) < 4.78 is 0. The first-order valence-electron chi connectivity index (χ1n) is 6.44. The smallest absolute Gasteiger partial charge is 0.265 e. The molecule has 0 bridgehead atoms. The highest BCUT2D eigenvalue weighted by molar-refractivity contribution is 7.18. The number of aliphatic hydroxyl groups is 2. The first-order chi connectivity index (χ1) is 9.37. The number of thiazole rings is 1. The zero-order valence-corrected chi connectivity index (χ0v) is 12.8. The van der Waals surface area contributed by atoms with Crippen LogP contribution < -0.4 is 16.4 Å². The fourth-order valence-corrected chi connectivity index (χ4v) is 2.47. The lowest BCUT2D eigenvalue weighted by molar-refractivity contribution is 0.0656. The lowest BCUT2D eigenvalue weighted by Gasteiger charge is -2.29. The SMILES string of the molecule is CCC(CO)(CO)NC(=O)c1sc(NC(C)C)nc1N. The maximum absolute atomic E-state index is 12.2. The summed E-state index contributed by atoms with van der Waals surface area (Å²) in [6, 6.07) is 0.182. The lowest BCUT2D eigenvalue weighted by Crippen LogP contribution is -2.53. The average molecular weight is 302 g/mol. The molecule has 0 spiro atoms. The Kier molecular flexibility index (Phi) is 5.73. The van der Waals surface area contributed by atoms with Crippen LogP contribution in [-0.4, -0.2) is 45.9 Å². The topological polar surface area (TPSA) is 120 Å². The minimum absolute atomic E-state index is 0.136. The number of nitrogens with two attached hydrogens (primary N) is 1. The summed E-state index contributed by atoms with van der Waals surface area (Å²) in [5.74, 6) is -0.307. The normalized spacial score (nSPS) is 11.7. The summed E-state index contributed by atoms with van der Waals surface area (Å²) in [7, 11) is 0. The Hall–Kier alpha value is -1.38. The van der Waals surface area contributed by atoms with Crippen LogP contribution in [0.5, 0.6) is 0 Å². The van der Waals surface area contributed by atoms with Gasteiger partial charge in [-0.25, -0.2) is 4.98 Å². The van der Waals surface area contributed by atoms with E-state index in [4.69, 9.17) is 5.73 Å². The highest BCUT2D eigenvalue weighted by atomic mass is 32.1. The van der Waals surface area contributed by atoms with Gasteiger partial charge in [-0.15, -0.1) is 0 Å². The number of anilines is 2. The summed E-state index contributed by atoms with van der Waals surface area (Å²) >= 11 is 1.15. The van der Waals surface area contributed by atoms with Crippen molar-refractivity contribution in [3.05, 3.63) is 4.88 Å². The van der Waals surface area contributed by atoms with E-state index in [2.05, 4.69) is 15.6 Å². The van der Waals surface area contributed by atoms with E-state index >= 15 is 0 Å². The van der Waals surface area contributed by atoms with Crippen molar-refractivity contribution in [1.82, 2.24) is 10.3 Å². The predicted molar refractivity (Wildman–Crippen MR) is 79.9 cm³/mol. The summed E-state index contributed by atoms with van der Waals surface area (Å²) in [5.41, 5.74) is 4.69. The van der Waals surface area contributed by atoms with E-state index in [-0.39, 0.29) is 30.0 Å². The number of carbonyl (C=O) groups is 1. The third kappa shape index (κ3) is 3.81. The highest BCUT2D eigenvalue weighted by Crippen LogP contribution is 2.26. The Morgan fingerprint density at radius 3 is 2.50 bits per heavy atom. The van der Waals surface area contributed by atoms with Gasteiger partial charge >= 0.3 is 0 Å². The number of nitrogens with one attached hydrogen (secondary N) is 2. The highest BCUT2D eigenvalue weighted by Gasteiger charge is 2.30. The van der Waals surface area contributed by atoms with Crippen LogP contribution in [0.2, 0.25) is 0 Å². The Bertz CT molecular complexity index is 449. The molecule has 0 aliphatic rings. The molecule has 1 amide bonds. The number of amides is 1. The van der Waals surface area contributed by atoms with Crippen LogP contribution in [-0.2, 0) is 0 Å². The van der Waals surface area contributed by atoms with Gasteiger partial charge in [0, 0.05) is 6.04 Å². The number of nitrogens with zero attached hydrogens (tertiary/aromatic N) is 1. The van der Waals surface area contributed by atoms with Crippen LogP contribution in [0.3, 0.4) is 0 Å². The molecule has 6 N–H and O–H groups in total. The molecule has 1 aromatic heterocycles. The monoisotopic (exact) mass is 302 g/mol. The molecular formula is C12H22N4O3S. The average Bonchev–Trinajstić information content (AvgIpc) is 2.76. The van der Waals surface area contributed by atoms with Crippen LogP contribution in [0.4, 0.5) is 10.9 Å². The molecule has 8 heteroatoms. The molecule has 0 atom stereocenters. The maximum atomic E-state index is 12.2. The van der Waals surface area contributed by atoms with Gasteiger partial charge in [0.1, 0.15) is 10.7 Å². The molecule has 0 saturated carbocycles. The molecule has 0 saturated heterocycles. The molecule has 0 unspecified atom stereocenters. The van der Waals surface area contributed by atoms with Crippen LogP contribution >= 0.6 is 11.3 Å². The second-order valence-electron chi connectivity index (χ2n) is 4.94. The van der Waals surface area contributed by atoms with Gasteiger partial charge in [0.25, 0.3) is 5.91 Å². The molecule has 114 valence electrons. The standard InChI is InChI=1S/C12H22N4O3S/c1-4-12(5-17,6-18)16-10(19)8-9(13)15-11(20-8)14-7(2)3/h7,17-18H,4-6,13H2,1-3H3,(H,14,15)(H,16,19). The zero-order chi connectivity index (χ0) is 15.3. The Labute approximate surface area is 122 Å². The molecule has 7 nitrogen and oxygen atoms in total. The Balaban J connectivity index is 2.89. The summed E-state index contributed by atoms with van der Waals surface area (Å²) in [4.78, 5) is 16.5. The van der Waals surface area contributed by atoms with Crippen molar-refractivity contribution in [1.29, 1.82) is 0 Å². The van der Waals surface area contributed by atoms with Gasteiger partial charge in [-0.2, -0.15) is 0 Å². The van der Waals surface area contributed by atoms with Gasteiger partial charge in [0.05, 0.1) is 18.8 Å². The third-order valence-electron chi connectivity index (χ3n) is 2.93. The van der Waals surface area contributed by atoms with Crippen molar-refractivity contribution in [3.8, 4) is 0 Å². The molecule has 0 aliphatic carbocycles. The quantitative estimate of drug-likeness (QED) is 0.497.